The van der Waals surface area contributed by atoms with E-state index in [4.69, 9.17) is 0 Å². The normalized spacial score (nSPS) is 20.7. The molecule has 82 valence electrons. The molecule has 0 saturated carbocycles. The lowest BCUT2D eigenvalue weighted by Crippen LogP contribution is -2.25. The van der Waals surface area contributed by atoms with Crippen LogP contribution in [0.15, 0.2) is 24.5 Å². The standard InChI is InChI=1S/C12H18N2S/c1-3-11(9-13-6-1)5-7-14-10-12-4-2-8-15-12/h1,3,6,9,12,14H,2,4-5,7-8,10H2. The maximum atomic E-state index is 4.11. The average Bonchev–Trinajstić information content (AvgIpc) is 2.79. The molecular weight excluding hydrogens is 204 g/mol. The second-order valence-corrected chi connectivity index (χ2v) is 5.36. The zero-order valence-corrected chi connectivity index (χ0v) is 9.80. The highest BCUT2D eigenvalue weighted by Gasteiger charge is 2.14. The fraction of sp³-hybridized carbons (Fsp3) is 0.583. The second kappa shape index (κ2) is 6.13. The van der Waals surface area contributed by atoms with Gasteiger partial charge in [-0.3, -0.25) is 4.98 Å². The fourth-order valence-electron chi connectivity index (χ4n) is 1.85. The van der Waals surface area contributed by atoms with Gasteiger partial charge in [-0.05, 0) is 43.2 Å². The Kier molecular flexibility index (Phi) is 4.48. The molecule has 3 heteroatoms. The monoisotopic (exact) mass is 222 g/mol. The highest BCUT2D eigenvalue weighted by atomic mass is 32.2. The van der Waals surface area contributed by atoms with Gasteiger partial charge in [-0.15, -0.1) is 0 Å². The first-order valence-corrected chi connectivity index (χ1v) is 6.71. The summed E-state index contributed by atoms with van der Waals surface area (Å²) in [5.74, 6) is 1.36. The number of hydrogen-bond acceptors (Lipinski definition) is 3. The third-order valence-electron chi connectivity index (χ3n) is 2.71. The molecule has 1 aromatic rings. The molecule has 1 aliphatic rings. The van der Waals surface area contributed by atoms with Gasteiger partial charge in [0.15, 0.2) is 0 Å². The molecule has 1 aromatic heterocycles. The lowest BCUT2D eigenvalue weighted by molar-refractivity contribution is 0.644. The summed E-state index contributed by atoms with van der Waals surface area (Å²) < 4.78 is 0. The minimum Gasteiger partial charge on any atom is -0.315 e. The molecule has 0 radical (unpaired) electrons. The Morgan fingerprint density at radius 1 is 1.53 bits per heavy atom. The maximum absolute atomic E-state index is 4.11. The van der Waals surface area contributed by atoms with Crippen LogP contribution >= 0.6 is 11.8 Å². The summed E-state index contributed by atoms with van der Waals surface area (Å²) in [6.45, 7) is 2.24. The Labute approximate surface area is 95.9 Å². The zero-order chi connectivity index (χ0) is 10.3. The largest absolute Gasteiger partial charge is 0.315 e. The van der Waals surface area contributed by atoms with Crippen molar-refractivity contribution < 1.29 is 0 Å². The predicted octanol–water partition coefficient (Wildman–Crippen LogP) is 2.11. The molecule has 0 spiro atoms. The van der Waals surface area contributed by atoms with Crippen LogP contribution in [0.3, 0.4) is 0 Å². The summed E-state index contributed by atoms with van der Waals surface area (Å²) in [4.78, 5) is 4.11. The second-order valence-electron chi connectivity index (χ2n) is 3.95. The Bertz CT molecular complexity index is 270. The van der Waals surface area contributed by atoms with E-state index in [1.165, 1.54) is 30.7 Å². The van der Waals surface area contributed by atoms with Gasteiger partial charge in [0.1, 0.15) is 0 Å². The molecular formula is C12H18N2S. The molecule has 1 aliphatic heterocycles. The van der Waals surface area contributed by atoms with Crippen molar-refractivity contribution in [2.45, 2.75) is 24.5 Å². The van der Waals surface area contributed by atoms with Gasteiger partial charge in [-0.1, -0.05) is 6.07 Å². The first kappa shape index (κ1) is 11.0. The molecule has 15 heavy (non-hydrogen) atoms. The van der Waals surface area contributed by atoms with Gasteiger partial charge in [-0.2, -0.15) is 11.8 Å². The number of hydrogen-bond donors (Lipinski definition) is 1. The molecule has 1 atom stereocenters. The molecule has 2 heterocycles. The van der Waals surface area contributed by atoms with Crippen molar-refractivity contribution in [2.75, 3.05) is 18.8 Å². The minimum atomic E-state index is 0.860. The Morgan fingerprint density at radius 2 is 2.53 bits per heavy atom. The number of nitrogens with one attached hydrogen (secondary N) is 1. The topological polar surface area (TPSA) is 24.9 Å². The Hall–Kier alpha value is -0.540. The van der Waals surface area contributed by atoms with Gasteiger partial charge in [0.2, 0.25) is 0 Å². The van der Waals surface area contributed by atoms with Gasteiger partial charge in [0.25, 0.3) is 0 Å². The van der Waals surface area contributed by atoms with Crippen LogP contribution in [0.1, 0.15) is 18.4 Å². The Balaban J connectivity index is 1.59. The van der Waals surface area contributed by atoms with Crippen LogP contribution in [-0.4, -0.2) is 29.1 Å². The van der Waals surface area contributed by atoms with Crippen LogP contribution in [0.25, 0.3) is 0 Å². The molecule has 2 nitrogen and oxygen atoms in total. The maximum Gasteiger partial charge on any atom is 0.0300 e. The zero-order valence-electron chi connectivity index (χ0n) is 8.98. The molecule has 0 aromatic carbocycles. The van der Waals surface area contributed by atoms with Crippen molar-refractivity contribution in [3.8, 4) is 0 Å². The van der Waals surface area contributed by atoms with Crippen LogP contribution in [0.4, 0.5) is 0 Å². The van der Waals surface area contributed by atoms with E-state index in [9.17, 15) is 0 Å². The summed E-state index contributed by atoms with van der Waals surface area (Å²) in [5, 5.41) is 4.39. The van der Waals surface area contributed by atoms with Crippen LogP contribution in [0.5, 0.6) is 0 Å². The quantitative estimate of drug-likeness (QED) is 0.772. The molecule has 1 unspecified atom stereocenters. The van der Waals surface area contributed by atoms with Gasteiger partial charge >= 0.3 is 0 Å². The fourth-order valence-corrected chi connectivity index (χ4v) is 3.08. The molecule has 0 aliphatic carbocycles. The van der Waals surface area contributed by atoms with Gasteiger partial charge in [0.05, 0.1) is 0 Å². The lowest BCUT2D eigenvalue weighted by Gasteiger charge is -2.09. The van der Waals surface area contributed by atoms with Crippen molar-refractivity contribution in [1.82, 2.24) is 10.3 Å². The van der Waals surface area contributed by atoms with E-state index in [0.717, 1.165) is 18.2 Å². The number of nitrogens with zero attached hydrogens (tertiary/aromatic N) is 1. The summed E-state index contributed by atoms with van der Waals surface area (Å²) in [7, 11) is 0. The van der Waals surface area contributed by atoms with Gasteiger partial charge in [-0.25, -0.2) is 0 Å². The van der Waals surface area contributed by atoms with E-state index < -0.39 is 0 Å². The lowest BCUT2D eigenvalue weighted by atomic mass is 10.2. The first-order chi connectivity index (χ1) is 7.45. The van der Waals surface area contributed by atoms with Crippen LogP contribution < -0.4 is 5.32 Å². The highest BCUT2D eigenvalue weighted by molar-refractivity contribution is 8.00. The number of rotatable bonds is 5. The number of aromatic nitrogens is 1. The summed E-state index contributed by atoms with van der Waals surface area (Å²) >= 11 is 2.11. The minimum absolute atomic E-state index is 0.860. The Morgan fingerprint density at radius 3 is 3.27 bits per heavy atom. The van der Waals surface area contributed by atoms with Crippen LogP contribution in [0.2, 0.25) is 0 Å². The van der Waals surface area contributed by atoms with E-state index in [-0.39, 0.29) is 0 Å². The van der Waals surface area contributed by atoms with Crippen molar-refractivity contribution in [3.05, 3.63) is 30.1 Å². The first-order valence-electron chi connectivity index (χ1n) is 5.66. The molecule has 0 amide bonds. The predicted molar refractivity (Wildman–Crippen MR) is 66.3 cm³/mol. The summed E-state index contributed by atoms with van der Waals surface area (Å²) in [5.41, 5.74) is 1.32. The van der Waals surface area contributed by atoms with Crippen LogP contribution in [0, 0.1) is 0 Å². The summed E-state index contributed by atoms with van der Waals surface area (Å²) in [6, 6.07) is 4.14. The SMILES string of the molecule is c1cncc(CCNCC2CCCS2)c1. The average molecular weight is 222 g/mol. The number of thioether (sulfide) groups is 1. The molecule has 2 rings (SSSR count). The van der Waals surface area contributed by atoms with Crippen molar-refractivity contribution in [3.63, 3.8) is 0 Å². The van der Waals surface area contributed by atoms with Gasteiger partial charge < -0.3 is 5.32 Å². The molecule has 1 fully saturated rings. The number of pyridine rings is 1. The van der Waals surface area contributed by atoms with E-state index in [1.807, 2.05) is 18.5 Å². The van der Waals surface area contributed by atoms with Crippen LogP contribution in [-0.2, 0) is 6.42 Å². The van der Waals surface area contributed by atoms with Crippen molar-refractivity contribution in [2.24, 2.45) is 0 Å². The van der Waals surface area contributed by atoms with Crippen molar-refractivity contribution in [1.29, 1.82) is 0 Å². The summed E-state index contributed by atoms with van der Waals surface area (Å²) in [6.07, 6.45) is 7.66. The van der Waals surface area contributed by atoms with Gasteiger partial charge in [0, 0.05) is 24.2 Å². The third kappa shape index (κ3) is 3.84. The highest BCUT2D eigenvalue weighted by Crippen LogP contribution is 2.25. The van der Waals surface area contributed by atoms with Crippen molar-refractivity contribution >= 4 is 11.8 Å². The van der Waals surface area contributed by atoms with E-state index in [0.29, 0.717) is 0 Å². The van der Waals surface area contributed by atoms with E-state index >= 15 is 0 Å². The molecule has 1 N–H and O–H groups in total. The third-order valence-corrected chi connectivity index (χ3v) is 4.11. The van der Waals surface area contributed by atoms with E-state index in [1.54, 1.807) is 0 Å². The molecule has 0 bridgehead atoms. The molecule has 1 saturated heterocycles. The van der Waals surface area contributed by atoms with E-state index in [2.05, 4.69) is 28.1 Å². The smallest absolute Gasteiger partial charge is 0.0300 e.